The molecule has 0 aliphatic carbocycles. The normalized spacial score (nSPS) is 23.0. The van der Waals surface area contributed by atoms with Crippen molar-refractivity contribution in [2.24, 2.45) is 5.10 Å². The number of halogens is 1. The number of carbonyl (C=O) groups is 2. The highest BCUT2D eigenvalue weighted by Crippen LogP contribution is 2.24. The average Bonchev–Trinajstić information content (AvgIpc) is 2.90. The van der Waals surface area contributed by atoms with Crippen molar-refractivity contribution in [1.82, 2.24) is 5.01 Å². The summed E-state index contributed by atoms with van der Waals surface area (Å²) in [7, 11) is -3.13. The number of para-hydroxylation sites is 1. The van der Waals surface area contributed by atoms with Gasteiger partial charge in [0.15, 0.2) is 9.84 Å². The summed E-state index contributed by atoms with van der Waals surface area (Å²) >= 11 is 3.35. The zero-order valence-corrected chi connectivity index (χ0v) is 15.1. The molecule has 128 valence electrons. The van der Waals surface area contributed by atoms with Crippen LogP contribution in [0.5, 0.6) is 0 Å². The van der Waals surface area contributed by atoms with Gasteiger partial charge in [0.25, 0.3) is 5.91 Å². The molecule has 24 heavy (non-hydrogen) atoms. The van der Waals surface area contributed by atoms with E-state index in [1.54, 1.807) is 18.2 Å². The average molecular weight is 414 g/mol. The molecule has 0 bridgehead atoms. The lowest BCUT2D eigenvalue weighted by Crippen LogP contribution is -2.42. The molecule has 1 N–H and O–H groups in total. The van der Waals surface area contributed by atoms with Crippen LogP contribution in [0.4, 0.5) is 5.69 Å². The second-order valence-corrected chi connectivity index (χ2v) is 8.86. The Bertz CT molecular complexity index is 822. The SMILES string of the molecule is O=C(Nc1ccccc1Br)C1=NN(C2CCS(=O)(=O)C2)C(=O)CC1. The Morgan fingerprint density at radius 1 is 1.29 bits per heavy atom. The van der Waals surface area contributed by atoms with Gasteiger partial charge in [-0.15, -0.1) is 0 Å². The van der Waals surface area contributed by atoms with Crippen LogP contribution in [0.25, 0.3) is 0 Å². The first-order chi connectivity index (χ1) is 11.4. The van der Waals surface area contributed by atoms with Gasteiger partial charge in [-0.3, -0.25) is 9.59 Å². The largest absolute Gasteiger partial charge is 0.320 e. The van der Waals surface area contributed by atoms with Crippen molar-refractivity contribution < 1.29 is 18.0 Å². The Morgan fingerprint density at radius 3 is 2.71 bits per heavy atom. The maximum Gasteiger partial charge on any atom is 0.271 e. The molecule has 1 saturated heterocycles. The fourth-order valence-electron chi connectivity index (χ4n) is 2.75. The third-order valence-corrected chi connectivity index (χ3v) is 6.44. The molecule has 2 aliphatic heterocycles. The van der Waals surface area contributed by atoms with E-state index in [1.165, 1.54) is 5.01 Å². The lowest BCUT2D eigenvalue weighted by molar-refractivity contribution is -0.133. The Labute approximate surface area is 148 Å². The first-order valence-electron chi connectivity index (χ1n) is 7.51. The summed E-state index contributed by atoms with van der Waals surface area (Å²) in [5.74, 6) is -0.675. The first-order valence-corrected chi connectivity index (χ1v) is 10.1. The van der Waals surface area contributed by atoms with Crippen LogP contribution in [-0.2, 0) is 19.4 Å². The minimum Gasteiger partial charge on any atom is -0.320 e. The van der Waals surface area contributed by atoms with Gasteiger partial charge in [-0.1, -0.05) is 12.1 Å². The van der Waals surface area contributed by atoms with Crippen molar-refractivity contribution in [3.05, 3.63) is 28.7 Å². The molecule has 7 nitrogen and oxygen atoms in total. The minimum atomic E-state index is -3.13. The number of carbonyl (C=O) groups excluding carboxylic acids is 2. The molecular formula is C15H16BrN3O4S. The standard InChI is InChI=1S/C15H16BrN3O4S/c16-11-3-1-2-4-12(11)17-15(21)13-5-6-14(20)19(18-13)10-7-8-24(22,23)9-10/h1-4,10H,5-9H2,(H,17,21). The molecule has 1 aromatic carbocycles. The number of hydrazone groups is 1. The molecule has 2 heterocycles. The Hall–Kier alpha value is -1.74. The first kappa shape index (κ1) is 17.1. The summed E-state index contributed by atoms with van der Waals surface area (Å²) in [6, 6.07) is 6.70. The molecule has 2 amide bonds. The number of amides is 2. The van der Waals surface area contributed by atoms with E-state index in [4.69, 9.17) is 0 Å². The van der Waals surface area contributed by atoms with Gasteiger partial charge < -0.3 is 5.32 Å². The third-order valence-electron chi connectivity index (χ3n) is 4.00. The van der Waals surface area contributed by atoms with Crippen molar-refractivity contribution in [3.8, 4) is 0 Å². The van der Waals surface area contributed by atoms with Crippen LogP contribution < -0.4 is 5.32 Å². The number of anilines is 1. The predicted octanol–water partition coefficient (Wildman–Crippen LogP) is 1.55. The van der Waals surface area contributed by atoms with E-state index in [0.29, 0.717) is 12.1 Å². The van der Waals surface area contributed by atoms with Crippen molar-refractivity contribution >= 4 is 49.0 Å². The Balaban J connectivity index is 1.78. The van der Waals surface area contributed by atoms with Gasteiger partial charge >= 0.3 is 0 Å². The summed E-state index contributed by atoms with van der Waals surface area (Å²) in [4.78, 5) is 24.5. The van der Waals surface area contributed by atoms with Gasteiger partial charge in [0, 0.05) is 17.3 Å². The lowest BCUT2D eigenvalue weighted by Gasteiger charge is -2.27. The molecule has 3 rings (SSSR count). The van der Waals surface area contributed by atoms with Gasteiger partial charge in [-0.25, -0.2) is 13.4 Å². The van der Waals surface area contributed by atoms with Crippen molar-refractivity contribution in [1.29, 1.82) is 0 Å². The zero-order valence-electron chi connectivity index (χ0n) is 12.7. The van der Waals surface area contributed by atoms with E-state index in [2.05, 4.69) is 26.3 Å². The van der Waals surface area contributed by atoms with E-state index in [1.807, 2.05) is 6.07 Å². The fraction of sp³-hybridized carbons (Fsp3) is 0.400. The molecule has 0 saturated carbocycles. The number of nitrogens with one attached hydrogen (secondary N) is 1. The van der Waals surface area contributed by atoms with Gasteiger partial charge in [-0.2, -0.15) is 5.10 Å². The van der Waals surface area contributed by atoms with Crippen LogP contribution in [-0.4, -0.2) is 48.5 Å². The van der Waals surface area contributed by atoms with Crippen LogP contribution in [0.3, 0.4) is 0 Å². The summed E-state index contributed by atoms with van der Waals surface area (Å²) in [6.07, 6.45) is 0.751. The van der Waals surface area contributed by atoms with Crippen LogP contribution in [0.1, 0.15) is 19.3 Å². The topological polar surface area (TPSA) is 95.9 Å². The molecule has 1 unspecified atom stereocenters. The monoisotopic (exact) mass is 413 g/mol. The van der Waals surface area contributed by atoms with E-state index < -0.39 is 15.9 Å². The summed E-state index contributed by atoms with van der Waals surface area (Å²) in [5, 5.41) is 8.08. The van der Waals surface area contributed by atoms with Crippen molar-refractivity contribution in [2.75, 3.05) is 16.8 Å². The van der Waals surface area contributed by atoms with E-state index >= 15 is 0 Å². The maximum absolute atomic E-state index is 12.4. The quantitative estimate of drug-likeness (QED) is 0.812. The van der Waals surface area contributed by atoms with Crippen molar-refractivity contribution in [2.45, 2.75) is 25.3 Å². The highest BCUT2D eigenvalue weighted by Gasteiger charge is 2.37. The molecule has 9 heteroatoms. The molecule has 1 aromatic rings. The fourth-order valence-corrected chi connectivity index (χ4v) is 4.82. The van der Waals surface area contributed by atoms with E-state index in [9.17, 15) is 18.0 Å². The molecule has 2 aliphatic rings. The van der Waals surface area contributed by atoms with Crippen LogP contribution in [0, 0.1) is 0 Å². The second-order valence-electron chi connectivity index (χ2n) is 5.78. The predicted molar refractivity (Wildman–Crippen MR) is 93.3 cm³/mol. The number of hydrogen-bond acceptors (Lipinski definition) is 5. The molecule has 1 atom stereocenters. The van der Waals surface area contributed by atoms with Gasteiger partial charge in [-0.05, 0) is 34.5 Å². The lowest BCUT2D eigenvalue weighted by atomic mass is 10.1. The highest BCUT2D eigenvalue weighted by atomic mass is 79.9. The number of hydrogen-bond donors (Lipinski definition) is 1. The van der Waals surface area contributed by atoms with Gasteiger partial charge in [0.2, 0.25) is 5.91 Å². The molecular weight excluding hydrogens is 398 g/mol. The summed E-state index contributed by atoms with van der Waals surface area (Å²) in [5.41, 5.74) is 0.840. The zero-order chi connectivity index (χ0) is 17.3. The van der Waals surface area contributed by atoms with Crippen LogP contribution in [0.15, 0.2) is 33.8 Å². The molecule has 0 radical (unpaired) electrons. The van der Waals surface area contributed by atoms with Crippen molar-refractivity contribution in [3.63, 3.8) is 0 Å². The van der Waals surface area contributed by atoms with E-state index in [0.717, 1.165) is 4.47 Å². The molecule has 0 spiro atoms. The third kappa shape index (κ3) is 3.67. The minimum absolute atomic E-state index is 0.0511. The summed E-state index contributed by atoms with van der Waals surface area (Å²) in [6.45, 7) is 0. The molecule has 1 fully saturated rings. The van der Waals surface area contributed by atoms with Gasteiger partial charge in [0.05, 0.1) is 23.2 Å². The number of nitrogens with zero attached hydrogens (tertiary/aromatic N) is 2. The Kier molecular flexibility index (Phi) is 4.73. The number of sulfone groups is 1. The number of rotatable bonds is 3. The van der Waals surface area contributed by atoms with Crippen LogP contribution >= 0.6 is 15.9 Å². The van der Waals surface area contributed by atoms with Gasteiger partial charge in [0.1, 0.15) is 5.71 Å². The highest BCUT2D eigenvalue weighted by molar-refractivity contribution is 9.10. The second kappa shape index (κ2) is 6.64. The number of benzene rings is 1. The smallest absolute Gasteiger partial charge is 0.271 e. The van der Waals surface area contributed by atoms with Crippen LogP contribution in [0.2, 0.25) is 0 Å². The Morgan fingerprint density at radius 2 is 2.04 bits per heavy atom. The molecule has 0 aromatic heterocycles. The maximum atomic E-state index is 12.4. The van der Waals surface area contributed by atoms with E-state index in [-0.39, 0.29) is 41.9 Å². The summed E-state index contributed by atoms with van der Waals surface area (Å²) < 4.78 is 24.0.